The molecule has 128 valence electrons. The van der Waals surface area contributed by atoms with Crippen molar-refractivity contribution >= 4 is 23.8 Å². The van der Waals surface area contributed by atoms with Crippen LogP contribution in [0.3, 0.4) is 0 Å². The van der Waals surface area contributed by atoms with Gasteiger partial charge < -0.3 is 9.53 Å². The maximum Gasteiger partial charge on any atom is 0.305 e. The van der Waals surface area contributed by atoms with Crippen LogP contribution in [0.1, 0.15) is 51.9 Å². The maximum absolute atomic E-state index is 12.8. The van der Waals surface area contributed by atoms with Crippen molar-refractivity contribution < 1.29 is 23.9 Å². The summed E-state index contributed by atoms with van der Waals surface area (Å²) in [5.41, 5.74) is -1.23. The Morgan fingerprint density at radius 3 is 2.65 bits per heavy atom. The number of ether oxygens (including phenoxy) is 1. The fourth-order valence-electron chi connectivity index (χ4n) is 3.65. The molecule has 0 unspecified atom stereocenters. The molecule has 1 aliphatic carbocycles. The average molecular weight is 322 g/mol. The third kappa shape index (κ3) is 4.36. The van der Waals surface area contributed by atoms with Gasteiger partial charge in [-0.1, -0.05) is 13.0 Å². The third-order valence-electron chi connectivity index (χ3n) is 4.79. The first-order chi connectivity index (χ1) is 10.9. The first kappa shape index (κ1) is 19.3. The molecule has 5 nitrogen and oxygen atoms in total. The van der Waals surface area contributed by atoms with Crippen LogP contribution in [0.4, 0.5) is 0 Å². The number of allylic oxidation sites excluding steroid dienone is 1. The van der Waals surface area contributed by atoms with E-state index in [4.69, 9.17) is 4.74 Å². The molecule has 5 heteroatoms. The Bertz CT molecular complexity index is 482. The molecule has 0 bridgehead atoms. The molecule has 3 atom stereocenters. The van der Waals surface area contributed by atoms with Crippen molar-refractivity contribution in [2.75, 3.05) is 7.11 Å². The molecule has 0 spiro atoms. The largest absolute Gasteiger partial charge is 0.469 e. The lowest BCUT2D eigenvalue weighted by Crippen LogP contribution is -2.50. The van der Waals surface area contributed by atoms with Crippen LogP contribution in [-0.2, 0) is 23.9 Å². The number of ketones is 2. The van der Waals surface area contributed by atoms with Crippen molar-refractivity contribution in [3.63, 3.8) is 0 Å². The SMILES string of the molecule is C=CCCC(=O)[C@@]1(CCC=O)C(=O)C[C@H](C)C[C@H]1CC(=O)OC. The molecule has 1 saturated carbocycles. The Kier molecular flexibility index (Phi) is 7.33. The summed E-state index contributed by atoms with van der Waals surface area (Å²) in [4.78, 5) is 48.3. The lowest BCUT2D eigenvalue weighted by atomic mass is 9.57. The van der Waals surface area contributed by atoms with E-state index in [2.05, 4.69) is 6.58 Å². The smallest absolute Gasteiger partial charge is 0.305 e. The number of hydrogen-bond donors (Lipinski definition) is 0. The van der Waals surface area contributed by atoms with E-state index in [0.29, 0.717) is 19.3 Å². The molecule has 0 radical (unpaired) electrons. The van der Waals surface area contributed by atoms with Crippen LogP contribution < -0.4 is 0 Å². The van der Waals surface area contributed by atoms with Crippen LogP contribution in [-0.4, -0.2) is 30.9 Å². The quantitative estimate of drug-likeness (QED) is 0.282. The molecular formula is C18H26O5. The fraction of sp³-hybridized carbons (Fsp3) is 0.667. The van der Waals surface area contributed by atoms with E-state index in [0.717, 1.165) is 6.29 Å². The highest BCUT2D eigenvalue weighted by atomic mass is 16.5. The predicted molar refractivity (Wildman–Crippen MR) is 85.7 cm³/mol. The minimum atomic E-state index is -1.23. The molecule has 0 saturated heterocycles. The monoisotopic (exact) mass is 322 g/mol. The van der Waals surface area contributed by atoms with E-state index in [1.54, 1.807) is 6.08 Å². The summed E-state index contributed by atoms with van der Waals surface area (Å²) in [6, 6.07) is 0. The molecule has 0 aromatic rings. The van der Waals surface area contributed by atoms with Crippen molar-refractivity contribution in [2.24, 2.45) is 17.3 Å². The highest BCUT2D eigenvalue weighted by Crippen LogP contribution is 2.47. The summed E-state index contributed by atoms with van der Waals surface area (Å²) < 4.78 is 4.73. The average Bonchev–Trinajstić information content (AvgIpc) is 2.52. The lowest BCUT2D eigenvalue weighted by molar-refractivity contribution is -0.154. The van der Waals surface area contributed by atoms with Crippen LogP contribution in [0.25, 0.3) is 0 Å². The highest BCUT2D eigenvalue weighted by Gasteiger charge is 2.53. The predicted octanol–water partition coefficient (Wildman–Crippen LogP) is 2.67. The Morgan fingerprint density at radius 1 is 1.39 bits per heavy atom. The van der Waals surface area contributed by atoms with Crippen molar-refractivity contribution in [1.82, 2.24) is 0 Å². The second kappa shape index (κ2) is 8.75. The number of rotatable bonds is 9. The molecule has 0 aliphatic heterocycles. The van der Waals surface area contributed by atoms with Crippen molar-refractivity contribution in [3.8, 4) is 0 Å². The van der Waals surface area contributed by atoms with E-state index in [-0.39, 0.29) is 43.2 Å². The standard InChI is InChI=1S/C18H26O5/c1-4-5-7-15(20)18(8-6-9-19)14(12-17(22)23-3)10-13(2)11-16(18)21/h4,9,13-14H,1,5-8,10-12H2,2-3H3/t13-,14+,18+/m1/s1. The van der Waals surface area contributed by atoms with Gasteiger partial charge in [0, 0.05) is 25.7 Å². The normalized spacial score (nSPS) is 27.3. The van der Waals surface area contributed by atoms with Gasteiger partial charge in [0.25, 0.3) is 0 Å². The number of carbonyl (C=O) groups is 4. The van der Waals surface area contributed by atoms with Gasteiger partial charge in [-0.3, -0.25) is 14.4 Å². The molecule has 0 amide bonds. The van der Waals surface area contributed by atoms with E-state index >= 15 is 0 Å². The topological polar surface area (TPSA) is 77.5 Å². The number of aldehydes is 1. The van der Waals surface area contributed by atoms with Crippen molar-refractivity contribution in [1.29, 1.82) is 0 Å². The van der Waals surface area contributed by atoms with Gasteiger partial charge in [0.2, 0.25) is 0 Å². The summed E-state index contributed by atoms with van der Waals surface area (Å²) >= 11 is 0. The zero-order chi connectivity index (χ0) is 17.5. The van der Waals surface area contributed by atoms with E-state index in [9.17, 15) is 19.2 Å². The van der Waals surface area contributed by atoms with Gasteiger partial charge in [0.15, 0.2) is 0 Å². The van der Waals surface area contributed by atoms with Crippen LogP contribution in [0.15, 0.2) is 12.7 Å². The van der Waals surface area contributed by atoms with Gasteiger partial charge in [-0.05, 0) is 31.1 Å². The number of Topliss-reactive ketones (excluding diaryl/α,β-unsaturated/α-hetero) is 2. The molecule has 1 rings (SSSR count). The first-order valence-corrected chi connectivity index (χ1v) is 8.10. The number of carbonyl (C=O) groups excluding carboxylic acids is 4. The number of hydrogen-bond acceptors (Lipinski definition) is 5. The van der Waals surface area contributed by atoms with Crippen molar-refractivity contribution in [2.45, 2.75) is 51.9 Å². The summed E-state index contributed by atoms with van der Waals surface area (Å²) in [5, 5.41) is 0. The molecule has 0 aromatic carbocycles. The molecule has 23 heavy (non-hydrogen) atoms. The zero-order valence-corrected chi connectivity index (χ0v) is 14.0. The summed E-state index contributed by atoms with van der Waals surface area (Å²) in [7, 11) is 1.29. The van der Waals surface area contributed by atoms with Gasteiger partial charge in [-0.2, -0.15) is 0 Å². The van der Waals surface area contributed by atoms with Gasteiger partial charge in [-0.25, -0.2) is 0 Å². The summed E-state index contributed by atoms with van der Waals surface area (Å²) in [6.07, 6.45) is 4.33. The van der Waals surface area contributed by atoms with Crippen molar-refractivity contribution in [3.05, 3.63) is 12.7 Å². The van der Waals surface area contributed by atoms with Gasteiger partial charge in [0.05, 0.1) is 12.5 Å². The number of esters is 1. The first-order valence-electron chi connectivity index (χ1n) is 8.10. The van der Waals surface area contributed by atoms with Gasteiger partial charge in [-0.15, -0.1) is 6.58 Å². The molecule has 0 heterocycles. The van der Waals surface area contributed by atoms with E-state index in [1.807, 2.05) is 6.92 Å². The molecule has 0 aromatic heterocycles. The Morgan fingerprint density at radius 2 is 2.09 bits per heavy atom. The van der Waals surface area contributed by atoms with E-state index < -0.39 is 17.3 Å². The molecular weight excluding hydrogens is 296 g/mol. The Labute approximate surface area is 137 Å². The summed E-state index contributed by atoms with van der Waals surface area (Å²) in [6.45, 7) is 5.55. The van der Waals surface area contributed by atoms with Crippen LogP contribution in [0.2, 0.25) is 0 Å². The maximum atomic E-state index is 12.8. The van der Waals surface area contributed by atoms with Gasteiger partial charge in [0.1, 0.15) is 17.9 Å². The second-order valence-corrected chi connectivity index (χ2v) is 6.37. The lowest BCUT2D eigenvalue weighted by Gasteiger charge is -2.43. The minimum absolute atomic E-state index is 0.0330. The van der Waals surface area contributed by atoms with E-state index in [1.165, 1.54) is 7.11 Å². The molecule has 1 fully saturated rings. The van der Waals surface area contributed by atoms with Crippen LogP contribution >= 0.6 is 0 Å². The van der Waals surface area contributed by atoms with Crippen LogP contribution in [0.5, 0.6) is 0 Å². The zero-order valence-electron chi connectivity index (χ0n) is 14.0. The van der Waals surface area contributed by atoms with Crippen LogP contribution in [0, 0.1) is 17.3 Å². The minimum Gasteiger partial charge on any atom is -0.469 e. The Hall–Kier alpha value is -1.78. The molecule has 1 aliphatic rings. The number of methoxy groups -OCH3 is 1. The summed E-state index contributed by atoms with van der Waals surface area (Å²) in [5.74, 6) is -1.02. The second-order valence-electron chi connectivity index (χ2n) is 6.37. The Balaban J connectivity index is 3.21. The fourth-order valence-corrected chi connectivity index (χ4v) is 3.65. The molecule has 0 N–H and O–H groups in total. The highest BCUT2D eigenvalue weighted by molar-refractivity contribution is 6.08. The third-order valence-corrected chi connectivity index (χ3v) is 4.79. The van der Waals surface area contributed by atoms with Gasteiger partial charge >= 0.3 is 5.97 Å².